The number of hydrogen-bond donors (Lipinski definition) is 0. The molecule has 1 aliphatic heterocycles. The van der Waals surface area contributed by atoms with Gasteiger partial charge >= 0.3 is 6.36 Å². The fourth-order valence-corrected chi connectivity index (χ4v) is 2.02. The molecule has 1 saturated heterocycles. The molecular weight excluding hydrogens is 247 g/mol. The predicted octanol–water partition coefficient (Wildman–Crippen LogP) is 1.44. The highest BCUT2D eigenvalue weighted by Gasteiger charge is 2.29. The molecule has 1 unspecified atom stereocenters. The van der Waals surface area contributed by atoms with Crippen LogP contribution in [0.4, 0.5) is 13.2 Å². The maximum absolute atomic E-state index is 11.8. The van der Waals surface area contributed by atoms with Crippen molar-refractivity contribution in [2.45, 2.75) is 25.7 Å². The average Bonchev–Trinajstić information content (AvgIpc) is 2.31. The van der Waals surface area contributed by atoms with Crippen LogP contribution < -0.4 is 0 Å². The molecule has 1 heterocycles. The van der Waals surface area contributed by atoms with Gasteiger partial charge in [0, 0.05) is 32.7 Å². The minimum atomic E-state index is -4.55. The van der Waals surface area contributed by atoms with Crippen molar-refractivity contribution in [3.63, 3.8) is 0 Å². The zero-order valence-electron chi connectivity index (χ0n) is 10.4. The van der Waals surface area contributed by atoms with E-state index < -0.39 is 6.36 Å². The van der Waals surface area contributed by atoms with Gasteiger partial charge in [-0.25, -0.2) is 0 Å². The van der Waals surface area contributed by atoms with Crippen molar-refractivity contribution in [1.29, 1.82) is 5.26 Å². The highest BCUT2D eigenvalue weighted by Crippen LogP contribution is 2.16. The van der Waals surface area contributed by atoms with Crippen molar-refractivity contribution in [2.24, 2.45) is 0 Å². The Morgan fingerprint density at radius 3 is 2.33 bits per heavy atom. The molecule has 0 radical (unpaired) electrons. The SMILES string of the molecule is CCC(C#N)N1CCN(CCOC(F)(F)F)CC1. The van der Waals surface area contributed by atoms with Crippen molar-refractivity contribution in [1.82, 2.24) is 9.80 Å². The molecule has 0 amide bonds. The first kappa shape index (κ1) is 15.2. The zero-order valence-corrected chi connectivity index (χ0v) is 10.4. The van der Waals surface area contributed by atoms with Crippen LogP contribution in [-0.2, 0) is 4.74 Å². The summed E-state index contributed by atoms with van der Waals surface area (Å²) in [6.45, 7) is 4.70. The Balaban J connectivity index is 2.22. The molecule has 0 aromatic rings. The normalized spacial score (nSPS) is 20.6. The lowest BCUT2D eigenvalue weighted by Gasteiger charge is -2.36. The first-order chi connectivity index (χ1) is 8.46. The Hall–Kier alpha value is -0.840. The van der Waals surface area contributed by atoms with Gasteiger partial charge in [-0.3, -0.25) is 14.5 Å². The van der Waals surface area contributed by atoms with Crippen LogP contribution in [0.5, 0.6) is 0 Å². The molecule has 0 aliphatic carbocycles. The zero-order chi connectivity index (χ0) is 13.6. The molecule has 1 aliphatic rings. The molecule has 1 atom stereocenters. The van der Waals surface area contributed by atoms with Crippen LogP contribution in [0.2, 0.25) is 0 Å². The van der Waals surface area contributed by atoms with Crippen LogP contribution in [0.3, 0.4) is 0 Å². The van der Waals surface area contributed by atoms with Crippen molar-refractivity contribution in [3.8, 4) is 6.07 Å². The van der Waals surface area contributed by atoms with Crippen molar-refractivity contribution in [3.05, 3.63) is 0 Å². The highest BCUT2D eigenvalue weighted by atomic mass is 19.4. The van der Waals surface area contributed by atoms with E-state index in [1.807, 2.05) is 11.8 Å². The summed E-state index contributed by atoms with van der Waals surface area (Å²) < 4.78 is 39.1. The van der Waals surface area contributed by atoms with E-state index in [0.717, 1.165) is 19.5 Å². The van der Waals surface area contributed by atoms with E-state index in [4.69, 9.17) is 5.26 Å². The second-order valence-electron chi connectivity index (χ2n) is 4.22. The minimum Gasteiger partial charge on any atom is -0.299 e. The van der Waals surface area contributed by atoms with Crippen LogP contribution in [0.25, 0.3) is 0 Å². The van der Waals surface area contributed by atoms with Crippen LogP contribution in [0.15, 0.2) is 0 Å². The quantitative estimate of drug-likeness (QED) is 0.754. The van der Waals surface area contributed by atoms with E-state index in [9.17, 15) is 13.2 Å². The summed E-state index contributed by atoms with van der Waals surface area (Å²) in [6, 6.07) is 2.15. The second-order valence-corrected chi connectivity index (χ2v) is 4.22. The Morgan fingerprint density at radius 2 is 1.89 bits per heavy atom. The van der Waals surface area contributed by atoms with Gasteiger partial charge < -0.3 is 0 Å². The van der Waals surface area contributed by atoms with Crippen molar-refractivity contribution >= 4 is 0 Å². The molecular formula is C11H18F3N3O. The molecule has 1 rings (SSSR count). The third-order valence-corrected chi connectivity index (χ3v) is 3.06. The molecule has 7 heteroatoms. The third-order valence-electron chi connectivity index (χ3n) is 3.06. The van der Waals surface area contributed by atoms with E-state index in [1.54, 1.807) is 0 Å². The maximum Gasteiger partial charge on any atom is 0.522 e. The summed E-state index contributed by atoms with van der Waals surface area (Å²) in [4.78, 5) is 3.99. The number of ether oxygens (including phenoxy) is 1. The number of halogens is 3. The lowest BCUT2D eigenvalue weighted by Crippen LogP contribution is -2.50. The number of piperazine rings is 1. The summed E-state index contributed by atoms with van der Waals surface area (Å²) >= 11 is 0. The van der Waals surface area contributed by atoms with Gasteiger partial charge in [-0.15, -0.1) is 13.2 Å². The number of nitriles is 1. The van der Waals surface area contributed by atoms with Crippen molar-refractivity contribution < 1.29 is 17.9 Å². The fourth-order valence-electron chi connectivity index (χ4n) is 2.02. The average molecular weight is 265 g/mol. The Bertz CT molecular complexity index is 282. The monoisotopic (exact) mass is 265 g/mol. The summed E-state index contributed by atoms with van der Waals surface area (Å²) in [7, 11) is 0. The first-order valence-corrected chi connectivity index (χ1v) is 6.03. The Labute approximate surface area is 105 Å². The van der Waals surface area contributed by atoms with Gasteiger partial charge in [-0.1, -0.05) is 6.92 Å². The molecule has 0 N–H and O–H groups in total. The standard InChI is InChI=1S/C11H18F3N3O/c1-2-10(9-15)17-5-3-16(4-6-17)7-8-18-11(12,13)14/h10H,2-8H2,1H3. The molecule has 1 fully saturated rings. The Kier molecular flexibility index (Phi) is 5.85. The molecule has 0 bridgehead atoms. The molecule has 0 aromatic carbocycles. The molecule has 18 heavy (non-hydrogen) atoms. The maximum atomic E-state index is 11.8. The van der Waals surface area contributed by atoms with Gasteiger partial charge in [0.05, 0.1) is 18.7 Å². The van der Waals surface area contributed by atoms with E-state index in [-0.39, 0.29) is 19.2 Å². The molecule has 0 saturated carbocycles. The number of nitrogens with zero attached hydrogens (tertiary/aromatic N) is 3. The predicted molar refractivity (Wildman–Crippen MR) is 59.7 cm³/mol. The van der Waals surface area contributed by atoms with E-state index in [0.29, 0.717) is 13.1 Å². The van der Waals surface area contributed by atoms with E-state index >= 15 is 0 Å². The molecule has 0 aromatic heterocycles. The van der Waals surface area contributed by atoms with E-state index in [1.165, 1.54) is 0 Å². The summed E-state index contributed by atoms with van der Waals surface area (Å²) in [6.07, 6.45) is -3.77. The largest absolute Gasteiger partial charge is 0.522 e. The van der Waals surface area contributed by atoms with Crippen molar-refractivity contribution in [2.75, 3.05) is 39.3 Å². The summed E-state index contributed by atoms with van der Waals surface area (Å²) in [5.74, 6) is 0. The van der Waals surface area contributed by atoms with Crippen LogP contribution in [0.1, 0.15) is 13.3 Å². The van der Waals surface area contributed by atoms with E-state index in [2.05, 4.69) is 15.7 Å². The third kappa shape index (κ3) is 5.21. The first-order valence-electron chi connectivity index (χ1n) is 6.03. The lowest BCUT2D eigenvalue weighted by molar-refractivity contribution is -0.325. The van der Waals surface area contributed by atoms with Gasteiger partial charge in [0.2, 0.25) is 0 Å². The lowest BCUT2D eigenvalue weighted by atomic mass is 10.2. The second kappa shape index (κ2) is 6.92. The minimum absolute atomic E-state index is 0.0847. The van der Waals surface area contributed by atoms with Gasteiger partial charge in [0.15, 0.2) is 0 Å². The van der Waals surface area contributed by atoms with Gasteiger partial charge in [0.25, 0.3) is 0 Å². The number of alkyl halides is 3. The Morgan fingerprint density at radius 1 is 1.28 bits per heavy atom. The number of rotatable bonds is 5. The van der Waals surface area contributed by atoms with Crippen LogP contribution >= 0.6 is 0 Å². The fraction of sp³-hybridized carbons (Fsp3) is 0.909. The molecule has 0 spiro atoms. The van der Waals surface area contributed by atoms with Gasteiger partial charge in [-0.05, 0) is 6.42 Å². The summed E-state index contributed by atoms with van der Waals surface area (Å²) in [5, 5.41) is 8.92. The smallest absolute Gasteiger partial charge is 0.299 e. The molecule has 104 valence electrons. The molecule has 4 nitrogen and oxygen atoms in total. The highest BCUT2D eigenvalue weighted by molar-refractivity contribution is 4.92. The van der Waals surface area contributed by atoms with Gasteiger partial charge in [0.1, 0.15) is 0 Å². The topological polar surface area (TPSA) is 39.5 Å². The van der Waals surface area contributed by atoms with Crippen LogP contribution in [-0.4, -0.2) is 61.5 Å². The van der Waals surface area contributed by atoms with Gasteiger partial charge in [-0.2, -0.15) is 5.26 Å². The van der Waals surface area contributed by atoms with Crippen LogP contribution in [0, 0.1) is 11.3 Å². The summed E-state index contributed by atoms with van der Waals surface area (Å²) in [5.41, 5.74) is 0. The number of hydrogen-bond acceptors (Lipinski definition) is 4.